The van der Waals surface area contributed by atoms with Crippen molar-refractivity contribution < 1.29 is 13.2 Å². The molecule has 0 saturated carbocycles. The molecule has 0 aromatic heterocycles. The largest absolute Gasteiger partial charge is 0.313 e. The van der Waals surface area contributed by atoms with E-state index in [1.807, 2.05) is 19.2 Å². The Kier molecular flexibility index (Phi) is 4.45. The van der Waals surface area contributed by atoms with Crippen molar-refractivity contribution in [2.24, 2.45) is 0 Å². The van der Waals surface area contributed by atoms with Gasteiger partial charge in [-0.3, -0.25) is 0 Å². The molecule has 0 aliphatic rings. The Morgan fingerprint density at radius 2 is 1.55 bits per heavy atom. The first-order chi connectivity index (χ1) is 9.56. The number of hydrogen-bond donors (Lipinski definition) is 1. The van der Waals surface area contributed by atoms with Crippen LogP contribution in [-0.4, -0.2) is 7.05 Å². The summed E-state index contributed by atoms with van der Waals surface area (Å²) in [4.78, 5) is 0. The monoisotopic (exact) mass is 279 g/mol. The summed E-state index contributed by atoms with van der Waals surface area (Å²) in [6, 6.07) is 8.83. The van der Waals surface area contributed by atoms with Gasteiger partial charge in [0, 0.05) is 17.7 Å². The SMILES string of the molecule is CCC(NC)c1ccc(-c2cc(F)c(F)cc2F)cc1. The molecule has 2 aromatic carbocycles. The van der Waals surface area contributed by atoms with Gasteiger partial charge in [-0.2, -0.15) is 0 Å². The number of rotatable bonds is 4. The van der Waals surface area contributed by atoms with Crippen LogP contribution in [0, 0.1) is 17.5 Å². The minimum absolute atomic E-state index is 0.0629. The molecule has 0 heterocycles. The van der Waals surface area contributed by atoms with E-state index < -0.39 is 17.5 Å². The summed E-state index contributed by atoms with van der Waals surface area (Å²) < 4.78 is 39.8. The summed E-state index contributed by atoms with van der Waals surface area (Å²) in [5.74, 6) is -2.99. The smallest absolute Gasteiger partial charge is 0.161 e. The Labute approximate surface area is 116 Å². The fraction of sp³-hybridized carbons (Fsp3) is 0.250. The third-order valence-electron chi connectivity index (χ3n) is 3.39. The maximum atomic E-state index is 13.7. The summed E-state index contributed by atoms with van der Waals surface area (Å²) in [5.41, 5.74) is 1.66. The van der Waals surface area contributed by atoms with Gasteiger partial charge in [-0.15, -0.1) is 0 Å². The molecule has 1 unspecified atom stereocenters. The maximum absolute atomic E-state index is 13.7. The van der Waals surface area contributed by atoms with Crippen LogP contribution in [0.3, 0.4) is 0 Å². The second-order valence-electron chi connectivity index (χ2n) is 4.62. The average molecular weight is 279 g/mol. The van der Waals surface area contributed by atoms with E-state index in [0.29, 0.717) is 11.6 Å². The zero-order valence-corrected chi connectivity index (χ0v) is 11.4. The first-order valence-electron chi connectivity index (χ1n) is 6.49. The number of halogens is 3. The lowest BCUT2D eigenvalue weighted by molar-refractivity contribution is 0.496. The molecule has 0 spiro atoms. The fourth-order valence-corrected chi connectivity index (χ4v) is 2.25. The van der Waals surface area contributed by atoms with E-state index in [0.717, 1.165) is 18.1 Å². The van der Waals surface area contributed by atoms with Crippen LogP contribution in [0.25, 0.3) is 11.1 Å². The molecule has 0 fully saturated rings. The summed E-state index contributed by atoms with van der Waals surface area (Å²) in [6.45, 7) is 2.06. The summed E-state index contributed by atoms with van der Waals surface area (Å²) in [7, 11) is 1.87. The van der Waals surface area contributed by atoms with E-state index >= 15 is 0 Å². The molecule has 106 valence electrons. The second kappa shape index (κ2) is 6.09. The Morgan fingerprint density at radius 3 is 2.10 bits per heavy atom. The van der Waals surface area contributed by atoms with Crippen LogP contribution in [0.5, 0.6) is 0 Å². The van der Waals surface area contributed by atoms with Gasteiger partial charge >= 0.3 is 0 Å². The van der Waals surface area contributed by atoms with Gasteiger partial charge in [0.1, 0.15) is 5.82 Å². The molecule has 0 radical (unpaired) electrons. The van der Waals surface area contributed by atoms with Crippen LogP contribution >= 0.6 is 0 Å². The van der Waals surface area contributed by atoms with Gasteiger partial charge in [-0.25, -0.2) is 13.2 Å². The van der Waals surface area contributed by atoms with E-state index in [1.54, 1.807) is 12.1 Å². The van der Waals surface area contributed by atoms with Crippen LogP contribution < -0.4 is 5.32 Å². The average Bonchev–Trinajstić information content (AvgIpc) is 2.45. The van der Waals surface area contributed by atoms with Gasteiger partial charge in [0.05, 0.1) is 0 Å². The van der Waals surface area contributed by atoms with Crippen LogP contribution in [0.15, 0.2) is 36.4 Å². The molecule has 4 heteroatoms. The molecule has 2 aromatic rings. The molecule has 1 nitrogen and oxygen atoms in total. The lowest BCUT2D eigenvalue weighted by Crippen LogP contribution is -2.14. The van der Waals surface area contributed by atoms with E-state index in [1.165, 1.54) is 0 Å². The molecular weight excluding hydrogens is 263 g/mol. The molecule has 2 rings (SSSR count). The zero-order chi connectivity index (χ0) is 14.7. The quantitative estimate of drug-likeness (QED) is 0.816. The molecular formula is C16H16F3N. The summed E-state index contributed by atoms with van der Waals surface area (Å²) >= 11 is 0. The van der Waals surface area contributed by atoms with Crippen molar-refractivity contribution >= 4 is 0 Å². The summed E-state index contributed by atoms with van der Waals surface area (Å²) in [5, 5.41) is 3.17. The first kappa shape index (κ1) is 14.6. The summed E-state index contributed by atoms with van der Waals surface area (Å²) in [6.07, 6.45) is 0.926. The van der Waals surface area contributed by atoms with Crippen molar-refractivity contribution in [2.45, 2.75) is 19.4 Å². The third kappa shape index (κ3) is 2.85. The maximum Gasteiger partial charge on any atom is 0.161 e. The molecule has 0 aliphatic carbocycles. The first-order valence-corrected chi connectivity index (χ1v) is 6.49. The van der Waals surface area contributed by atoms with Crippen molar-refractivity contribution in [1.29, 1.82) is 0 Å². The standard InChI is InChI=1S/C16H16F3N/c1-3-16(20-2)11-6-4-10(5-7-11)12-8-14(18)15(19)9-13(12)17/h4-9,16,20H,3H2,1-2H3. The highest BCUT2D eigenvalue weighted by molar-refractivity contribution is 5.64. The highest BCUT2D eigenvalue weighted by Crippen LogP contribution is 2.27. The molecule has 0 amide bonds. The predicted octanol–water partition coefficient (Wildman–Crippen LogP) is 4.44. The fourth-order valence-electron chi connectivity index (χ4n) is 2.25. The molecule has 0 bridgehead atoms. The Morgan fingerprint density at radius 1 is 0.950 bits per heavy atom. The molecule has 20 heavy (non-hydrogen) atoms. The molecule has 1 N–H and O–H groups in total. The third-order valence-corrected chi connectivity index (χ3v) is 3.39. The normalized spacial score (nSPS) is 12.4. The van der Waals surface area contributed by atoms with E-state index in [-0.39, 0.29) is 11.6 Å². The Balaban J connectivity index is 2.37. The Hall–Kier alpha value is -1.81. The molecule has 0 aliphatic heterocycles. The van der Waals surface area contributed by atoms with Gasteiger partial charge in [0.2, 0.25) is 0 Å². The lowest BCUT2D eigenvalue weighted by Gasteiger charge is -2.14. The van der Waals surface area contributed by atoms with Crippen molar-refractivity contribution in [3.63, 3.8) is 0 Å². The van der Waals surface area contributed by atoms with E-state index in [4.69, 9.17) is 0 Å². The van der Waals surface area contributed by atoms with Gasteiger partial charge in [0.25, 0.3) is 0 Å². The topological polar surface area (TPSA) is 12.0 Å². The number of benzene rings is 2. The van der Waals surface area contributed by atoms with Gasteiger partial charge in [0.15, 0.2) is 11.6 Å². The van der Waals surface area contributed by atoms with Crippen LogP contribution in [-0.2, 0) is 0 Å². The van der Waals surface area contributed by atoms with Gasteiger partial charge in [-0.05, 0) is 30.7 Å². The second-order valence-corrected chi connectivity index (χ2v) is 4.62. The van der Waals surface area contributed by atoms with Gasteiger partial charge < -0.3 is 5.32 Å². The highest BCUT2D eigenvalue weighted by atomic mass is 19.2. The minimum atomic E-state index is -1.18. The number of hydrogen-bond acceptors (Lipinski definition) is 1. The van der Waals surface area contributed by atoms with Crippen LogP contribution in [0.2, 0.25) is 0 Å². The van der Waals surface area contributed by atoms with Crippen LogP contribution in [0.4, 0.5) is 13.2 Å². The minimum Gasteiger partial charge on any atom is -0.313 e. The molecule has 1 atom stereocenters. The van der Waals surface area contributed by atoms with Crippen molar-refractivity contribution in [3.05, 3.63) is 59.4 Å². The van der Waals surface area contributed by atoms with Crippen LogP contribution in [0.1, 0.15) is 24.9 Å². The lowest BCUT2D eigenvalue weighted by atomic mass is 9.99. The Bertz CT molecular complexity index is 589. The van der Waals surface area contributed by atoms with E-state index in [9.17, 15) is 13.2 Å². The van der Waals surface area contributed by atoms with E-state index in [2.05, 4.69) is 12.2 Å². The molecule has 0 saturated heterocycles. The highest BCUT2D eigenvalue weighted by Gasteiger charge is 2.12. The van der Waals surface area contributed by atoms with Crippen molar-refractivity contribution in [3.8, 4) is 11.1 Å². The number of nitrogens with one attached hydrogen (secondary N) is 1. The van der Waals surface area contributed by atoms with Gasteiger partial charge in [-0.1, -0.05) is 31.2 Å². The van der Waals surface area contributed by atoms with Crippen molar-refractivity contribution in [2.75, 3.05) is 7.05 Å². The zero-order valence-electron chi connectivity index (χ0n) is 11.4. The van der Waals surface area contributed by atoms with Crippen molar-refractivity contribution in [1.82, 2.24) is 5.32 Å². The predicted molar refractivity (Wildman–Crippen MR) is 73.8 cm³/mol.